The van der Waals surface area contributed by atoms with Crippen LogP contribution in [-0.2, 0) is 15.6 Å². The lowest BCUT2D eigenvalue weighted by Gasteiger charge is -2.19. The molecule has 0 saturated carbocycles. The van der Waals surface area contributed by atoms with Gasteiger partial charge in [-0.3, -0.25) is 9.36 Å². The van der Waals surface area contributed by atoms with Crippen LogP contribution in [0.1, 0.15) is 27.2 Å². The number of fused-ring (bicyclic) bond motifs is 1. The fraction of sp³-hybridized carbons (Fsp3) is 0.125. The monoisotopic (exact) mass is 570 g/mol. The van der Waals surface area contributed by atoms with E-state index < -0.39 is 13.3 Å². The van der Waals surface area contributed by atoms with E-state index in [9.17, 15) is 9.36 Å². The van der Waals surface area contributed by atoms with Crippen LogP contribution in [0.15, 0.2) is 55.1 Å². The quantitative estimate of drug-likeness (QED) is 0.210. The van der Waals surface area contributed by atoms with E-state index in [2.05, 4.69) is 48.8 Å². The number of halogens is 1. The molecule has 2 heterocycles. The molecule has 0 radical (unpaired) electrons. The van der Waals surface area contributed by atoms with Gasteiger partial charge in [0.05, 0.1) is 5.30 Å². The van der Waals surface area contributed by atoms with E-state index in [-0.39, 0.29) is 12.2 Å². The summed E-state index contributed by atoms with van der Waals surface area (Å²) in [6, 6.07) is 10.9. The maximum atomic E-state index is 14.5. The van der Waals surface area contributed by atoms with Crippen molar-refractivity contribution in [3.8, 4) is 12.3 Å². The predicted molar refractivity (Wildman–Crippen MR) is 137 cm³/mol. The Morgan fingerprint density at radius 3 is 2.70 bits per heavy atom. The molecule has 0 aliphatic rings. The zero-order valence-corrected chi connectivity index (χ0v) is 21.0. The number of amides is 1. The largest absolute Gasteiger partial charge is 0.350 e. The summed E-state index contributed by atoms with van der Waals surface area (Å²) in [5, 5.41) is 4.26. The normalized spacial score (nSPS) is 12.8. The van der Waals surface area contributed by atoms with Crippen molar-refractivity contribution in [1.82, 2.24) is 20.3 Å². The number of aromatic amines is 1. The summed E-state index contributed by atoms with van der Waals surface area (Å²) in [5.41, 5.74) is 3.04. The molecule has 0 fully saturated rings. The Hall–Kier alpha value is -2.99. The number of hydrogen-bond acceptors (Lipinski definition) is 5. The number of nitrogens with one attached hydrogen (secondary N) is 2. The van der Waals surface area contributed by atoms with E-state index >= 15 is 0 Å². The molecule has 4 rings (SSSR count). The molecule has 0 aliphatic heterocycles. The highest BCUT2D eigenvalue weighted by molar-refractivity contribution is 14.1. The predicted octanol–water partition coefficient (Wildman–Crippen LogP) is 3.66. The van der Waals surface area contributed by atoms with E-state index in [0.29, 0.717) is 27.1 Å². The van der Waals surface area contributed by atoms with Gasteiger partial charge in [-0.25, -0.2) is 9.97 Å². The molecule has 1 unspecified atom stereocenters. The molecule has 2 N–H and O–H groups in total. The molecular formula is C24H20IN4O3P. The summed E-state index contributed by atoms with van der Waals surface area (Å²) in [7, 11) is -2.31. The van der Waals surface area contributed by atoms with Crippen molar-refractivity contribution < 1.29 is 13.9 Å². The van der Waals surface area contributed by atoms with Crippen LogP contribution in [0, 0.1) is 22.8 Å². The second-order valence-electron chi connectivity index (χ2n) is 7.40. The van der Waals surface area contributed by atoms with Gasteiger partial charge in [-0.05, 0) is 71.5 Å². The van der Waals surface area contributed by atoms with Gasteiger partial charge in [-0.2, -0.15) is 0 Å². The van der Waals surface area contributed by atoms with E-state index in [1.165, 1.54) is 13.4 Å². The Labute approximate surface area is 205 Å². The van der Waals surface area contributed by atoms with Crippen molar-refractivity contribution in [3.63, 3.8) is 0 Å². The maximum absolute atomic E-state index is 14.5. The molecule has 0 aliphatic carbocycles. The lowest BCUT2D eigenvalue weighted by molar-refractivity contribution is 0.0947. The average molecular weight is 570 g/mol. The minimum Gasteiger partial charge on any atom is -0.350 e. The molecule has 0 bridgehead atoms. The first-order valence-corrected chi connectivity index (χ1v) is 12.6. The van der Waals surface area contributed by atoms with Crippen molar-refractivity contribution in [2.75, 3.05) is 7.11 Å². The third kappa shape index (κ3) is 4.58. The first-order valence-electron chi connectivity index (χ1n) is 9.94. The Bertz CT molecular complexity index is 1440. The van der Waals surface area contributed by atoms with Gasteiger partial charge in [-0.15, -0.1) is 6.42 Å². The van der Waals surface area contributed by atoms with Crippen LogP contribution in [-0.4, -0.2) is 28.0 Å². The Balaban J connectivity index is 1.88. The number of carbonyl (C=O) groups is 1. The maximum Gasteiger partial charge on any atom is 0.268 e. The fourth-order valence-electron chi connectivity index (χ4n) is 3.65. The lowest BCUT2D eigenvalue weighted by Crippen LogP contribution is -2.30. The van der Waals surface area contributed by atoms with Crippen molar-refractivity contribution in [3.05, 3.63) is 81.1 Å². The topological polar surface area (TPSA) is 97.0 Å². The van der Waals surface area contributed by atoms with Crippen LogP contribution >= 0.6 is 30.0 Å². The molecule has 0 spiro atoms. The van der Waals surface area contributed by atoms with Crippen LogP contribution in [0.25, 0.3) is 10.9 Å². The number of nitrogens with zero attached hydrogens (tertiary/aromatic N) is 2. The number of carbonyl (C=O) groups excluding carboxylic acids is 1. The standard InChI is InChI=1S/C24H20IN4O3P/c1-4-16-7-15(2)8-19(9-16)33(31,32-3)23-20-10-18(25)5-6-21(20)29-22(23)24(30)28-13-17-11-26-14-27-12-17/h1,5-12,14,29H,13H2,2-3H3,(H,28,30). The number of aromatic nitrogens is 3. The van der Waals surface area contributed by atoms with E-state index in [1.807, 2.05) is 31.2 Å². The van der Waals surface area contributed by atoms with E-state index in [4.69, 9.17) is 10.9 Å². The van der Waals surface area contributed by atoms with Crippen molar-refractivity contribution in [2.45, 2.75) is 13.5 Å². The Kier molecular flexibility index (Phi) is 6.66. The van der Waals surface area contributed by atoms with Crippen molar-refractivity contribution in [1.29, 1.82) is 0 Å². The third-order valence-corrected chi connectivity index (χ3v) is 8.32. The van der Waals surface area contributed by atoms with Gasteiger partial charge < -0.3 is 14.8 Å². The first kappa shape index (κ1) is 23.2. The molecule has 33 heavy (non-hydrogen) atoms. The second-order valence-corrected chi connectivity index (χ2v) is 11.1. The molecule has 4 aromatic rings. The molecule has 2 aromatic heterocycles. The molecular weight excluding hydrogens is 550 g/mol. The first-order chi connectivity index (χ1) is 15.9. The van der Waals surface area contributed by atoms with Gasteiger partial charge in [0.2, 0.25) is 0 Å². The lowest BCUT2D eigenvalue weighted by atomic mass is 10.1. The summed E-state index contributed by atoms with van der Waals surface area (Å²) >= 11 is 2.18. The van der Waals surface area contributed by atoms with Gasteiger partial charge in [-0.1, -0.05) is 5.92 Å². The molecule has 9 heteroatoms. The smallest absolute Gasteiger partial charge is 0.268 e. The molecule has 166 valence electrons. The highest BCUT2D eigenvalue weighted by Gasteiger charge is 2.36. The summed E-state index contributed by atoms with van der Waals surface area (Å²) in [5.74, 6) is 2.18. The van der Waals surface area contributed by atoms with Crippen LogP contribution in [0.5, 0.6) is 0 Å². The van der Waals surface area contributed by atoms with Gasteiger partial charge in [0.1, 0.15) is 12.0 Å². The summed E-state index contributed by atoms with van der Waals surface area (Å²) < 4.78 is 21.1. The number of aryl methyl sites for hydroxylation is 1. The van der Waals surface area contributed by atoms with Gasteiger partial charge >= 0.3 is 0 Å². The highest BCUT2D eigenvalue weighted by Crippen LogP contribution is 2.47. The number of hydrogen-bond donors (Lipinski definition) is 2. The number of benzene rings is 2. The molecule has 2 aromatic carbocycles. The number of H-pyrrole nitrogens is 1. The summed E-state index contributed by atoms with van der Waals surface area (Å²) in [6.45, 7) is 2.09. The zero-order chi connectivity index (χ0) is 23.6. The summed E-state index contributed by atoms with van der Waals surface area (Å²) in [4.78, 5) is 24.3. The van der Waals surface area contributed by atoms with Gasteiger partial charge in [0.15, 0.2) is 0 Å². The Morgan fingerprint density at radius 1 is 1.24 bits per heavy atom. The van der Waals surface area contributed by atoms with Crippen LogP contribution in [0.3, 0.4) is 0 Å². The molecule has 0 saturated heterocycles. The molecule has 7 nitrogen and oxygen atoms in total. The minimum atomic E-state index is -3.69. The second kappa shape index (κ2) is 9.48. The van der Waals surface area contributed by atoms with Crippen LogP contribution in [0.2, 0.25) is 0 Å². The van der Waals surface area contributed by atoms with Crippen molar-refractivity contribution in [2.24, 2.45) is 0 Å². The average Bonchev–Trinajstić information content (AvgIpc) is 3.21. The molecule has 1 atom stereocenters. The van der Waals surface area contributed by atoms with Gasteiger partial charge in [0, 0.05) is 57.0 Å². The van der Waals surface area contributed by atoms with Crippen LogP contribution < -0.4 is 15.9 Å². The summed E-state index contributed by atoms with van der Waals surface area (Å²) in [6.07, 6.45) is 10.3. The number of rotatable bonds is 6. The fourth-order valence-corrected chi connectivity index (χ4v) is 6.43. The van der Waals surface area contributed by atoms with E-state index in [1.54, 1.807) is 24.5 Å². The van der Waals surface area contributed by atoms with E-state index in [0.717, 1.165) is 14.7 Å². The van der Waals surface area contributed by atoms with Crippen LogP contribution in [0.4, 0.5) is 0 Å². The van der Waals surface area contributed by atoms with Crippen molar-refractivity contribution >= 4 is 57.4 Å². The SMILES string of the molecule is C#Cc1cc(C)cc(P(=O)(OC)c2c(C(=O)NCc3cncnc3)[nH]c3ccc(I)cc23)c1. The number of terminal acetylenes is 1. The highest BCUT2D eigenvalue weighted by atomic mass is 127. The molecule has 1 amide bonds. The van der Waals surface area contributed by atoms with Gasteiger partial charge in [0.25, 0.3) is 13.3 Å². The Morgan fingerprint density at radius 2 is 2.00 bits per heavy atom. The third-order valence-electron chi connectivity index (χ3n) is 5.15. The minimum absolute atomic E-state index is 0.179. The zero-order valence-electron chi connectivity index (χ0n) is 17.9.